The minimum absolute atomic E-state index is 0.141. The molecule has 0 saturated carbocycles. The topological polar surface area (TPSA) is 20.3 Å². The number of carbonyl (C=O) groups is 1. The number of carbonyl (C=O) groups excluding carboxylic acids is 1. The summed E-state index contributed by atoms with van der Waals surface area (Å²) >= 11 is 0. The summed E-state index contributed by atoms with van der Waals surface area (Å²) in [4.78, 5) is 13.1. The number of benzene rings is 1. The minimum Gasteiger partial charge on any atom is -0.312 e. The van der Waals surface area contributed by atoms with E-state index in [1.807, 2.05) is 11.0 Å². The molecule has 0 radical (unpaired) electrons. The molecule has 2 rings (SSSR count). The maximum atomic E-state index is 11.2. The Morgan fingerprint density at radius 2 is 2.00 bits per heavy atom. The summed E-state index contributed by atoms with van der Waals surface area (Å²) in [5, 5.41) is 0. The van der Waals surface area contributed by atoms with Crippen molar-refractivity contribution in [2.24, 2.45) is 0 Å². The summed E-state index contributed by atoms with van der Waals surface area (Å²) in [5.74, 6) is 0.141. The summed E-state index contributed by atoms with van der Waals surface area (Å²) in [5.41, 5.74) is 3.66. The Labute approximate surface area is 98.3 Å². The molecule has 1 aliphatic rings. The highest BCUT2D eigenvalue weighted by Crippen LogP contribution is 2.28. The van der Waals surface area contributed by atoms with Crippen molar-refractivity contribution in [2.75, 3.05) is 11.4 Å². The number of rotatable bonds is 0. The number of hydrogen-bond donors (Lipinski definition) is 0. The van der Waals surface area contributed by atoms with Gasteiger partial charge in [-0.3, -0.25) is 4.79 Å². The van der Waals surface area contributed by atoms with Crippen molar-refractivity contribution >= 4 is 11.6 Å². The van der Waals surface area contributed by atoms with Crippen molar-refractivity contribution in [3.05, 3.63) is 29.3 Å². The lowest BCUT2D eigenvalue weighted by atomic mass is 10.1. The van der Waals surface area contributed by atoms with E-state index in [0.717, 1.165) is 18.7 Å². The van der Waals surface area contributed by atoms with Crippen LogP contribution in [0.4, 0.5) is 5.69 Å². The lowest BCUT2D eigenvalue weighted by molar-refractivity contribution is -0.116. The second kappa shape index (κ2) is 5.69. The molecule has 0 spiro atoms. The second-order valence-electron chi connectivity index (χ2n) is 4.26. The van der Waals surface area contributed by atoms with Gasteiger partial charge in [-0.05, 0) is 25.0 Å². The Hall–Kier alpha value is -1.31. The molecular weight excluding hydrogens is 198 g/mol. The van der Waals surface area contributed by atoms with Gasteiger partial charge in [0.05, 0.1) is 0 Å². The van der Waals surface area contributed by atoms with Crippen molar-refractivity contribution in [2.45, 2.75) is 40.5 Å². The van der Waals surface area contributed by atoms with Gasteiger partial charge < -0.3 is 4.90 Å². The molecule has 1 aliphatic heterocycles. The van der Waals surface area contributed by atoms with Crippen LogP contribution in [-0.4, -0.2) is 12.5 Å². The van der Waals surface area contributed by atoms with E-state index in [2.05, 4.69) is 32.9 Å². The molecule has 0 bridgehead atoms. The van der Waals surface area contributed by atoms with E-state index < -0.39 is 0 Å². The number of nitrogens with zero attached hydrogens (tertiary/aromatic N) is 1. The lowest BCUT2D eigenvalue weighted by Crippen LogP contribution is -2.25. The van der Waals surface area contributed by atoms with Gasteiger partial charge in [0.15, 0.2) is 0 Å². The van der Waals surface area contributed by atoms with Gasteiger partial charge in [0.2, 0.25) is 5.91 Å². The van der Waals surface area contributed by atoms with Crippen LogP contribution in [0.3, 0.4) is 0 Å². The van der Waals surface area contributed by atoms with Gasteiger partial charge in [-0.2, -0.15) is 0 Å². The van der Waals surface area contributed by atoms with E-state index in [-0.39, 0.29) is 5.91 Å². The molecule has 16 heavy (non-hydrogen) atoms. The Morgan fingerprint density at radius 3 is 2.56 bits per heavy atom. The molecule has 1 aromatic rings. The van der Waals surface area contributed by atoms with Gasteiger partial charge in [0.1, 0.15) is 0 Å². The molecule has 0 fully saturated rings. The van der Waals surface area contributed by atoms with E-state index in [1.54, 1.807) is 6.92 Å². The van der Waals surface area contributed by atoms with E-state index in [9.17, 15) is 4.79 Å². The highest BCUT2D eigenvalue weighted by molar-refractivity contribution is 5.93. The molecule has 1 heterocycles. The zero-order valence-electron chi connectivity index (χ0n) is 10.7. The third-order valence-corrected chi connectivity index (χ3v) is 2.51. The largest absolute Gasteiger partial charge is 0.312 e. The first-order valence-corrected chi connectivity index (χ1v) is 5.97. The molecule has 2 nitrogen and oxygen atoms in total. The standard InChI is InChI=1S/C11H13NO.C3H8/c1-8-3-4-11-10(7-8)5-6-12(11)9(2)13;1-3-2/h3-4,7H,5-6H2,1-2H3;3H2,1-2H3. The fraction of sp³-hybridized carbons (Fsp3) is 0.500. The predicted molar refractivity (Wildman–Crippen MR) is 68.9 cm³/mol. The quantitative estimate of drug-likeness (QED) is 0.655. The SMILES string of the molecule is CC(=O)N1CCc2cc(C)ccc21.CCC. The van der Waals surface area contributed by atoms with Crippen LogP contribution in [-0.2, 0) is 11.2 Å². The highest BCUT2D eigenvalue weighted by Gasteiger charge is 2.21. The Bertz CT molecular complexity index is 371. The molecular formula is C14H21NO. The van der Waals surface area contributed by atoms with Crippen LogP contribution in [0.15, 0.2) is 18.2 Å². The number of anilines is 1. The van der Waals surface area contributed by atoms with Crippen LogP contribution in [0.5, 0.6) is 0 Å². The molecule has 2 heteroatoms. The zero-order valence-corrected chi connectivity index (χ0v) is 10.7. The molecule has 1 aromatic carbocycles. The predicted octanol–water partition coefficient (Wildman–Crippen LogP) is 3.32. The van der Waals surface area contributed by atoms with Gasteiger partial charge in [-0.25, -0.2) is 0 Å². The van der Waals surface area contributed by atoms with Crippen LogP contribution in [0, 0.1) is 6.92 Å². The van der Waals surface area contributed by atoms with Crippen LogP contribution in [0.25, 0.3) is 0 Å². The maximum Gasteiger partial charge on any atom is 0.223 e. The first kappa shape index (κ1) is 12.8. The summed E-state index contributed by atoms with van der Waals surface area (Å²) in [7, 11) is 0. The number of fused-ring (bicyclic) bond motifs is 1. The molecule has 0 aromatic heterocycles. The normalized spacial score (nSPS) is 12.9. The summed E-state index contributed by atoms with van der Waals surface area (Å²) < 4.78 is 0. The van der Waals surface area contributed by atoms with Gasteiger partial charge in [0, 0.05) is 19.2 Å². The van der Waals surface area contributed by atoms with Crippen molar-refractivity contribution in [3.63, 3.8) is 0 Å². The van der Waals surface area contributed by atoms with Gasteiger partial charge >= 0.3 is 0 Å². The average Bonchev–Trinajstić information content (AvgIpc) is 2.61. The minimum atomic E-state index is 0.141. The monoisotopic (exact) mass is 219 g/mol. The molecule has 1 amide bonds. The third-order valence-electron chi connectivity index (χ3n) is 2.51. The maximum absolute atomic E-state index is 11.2. The van der Waals surface area contributed by atoms with Crippen LogP contribution >= 0.6 is 0 Å². The van der Waals surface area contributed by atoms with Crippen molar-refractivity contribution in [3.8, 4) is 0 Å². The fourth-order valence-electron chi connectivity index (χ4n) is 1.86. The van der Waals surface area contributed by atoms with E-state index in [4.69, 9.17) is 0 Å². The van der Waals surface area contributed by atoms with Gasteiger partial charge in [-0.1, -0.05) is 38.0 Å². The van der Waals surface area contributed by atoms with Crippen LogP contribution in [0.1, 0.15) is 38.3 Å². The molecule has 0 unspecified atom stereocenters. The third kappa shape index (κ3) is 2.84. The summed E-state index contributed by atoms with van der Waals surface area (Å²) in [6.45, 7) is 8.79. The smallest absolute Gasteiger partial charge is 0.223 e. The van der Waals surface area contributed by atoms with E-state index >= 15 is 0 Å². The van der Waals surface area contributed by atoms with Crippen molar-refractivity contribution in [1.29, 1.82) is 0 Å². The number of aryl methyl sites for hydroxylation is 1. The lowest BCUT2D eigenvalue weighted by Gasteiger charge is -2.14. The number of hydrogen-bond acceptors (Lipinski definition) is 1. The zero-order chi connectivity index (χ0) is 12.1. The van der Waals surface area contributed by atoms with Crippen LogP contribution in [0.2, 0.25) is 0 Å². The second-order valence-corrected chi connectivity index (χ2v) is 4.26. The first-order valence-electron chi connectivity index (χ1n) is 5.97. The number of amides is 1. The van der Waals surface area contributed by atoms with E-state index in [1.165, 1.54) is 17.5 Å². The highest BCUT2D eigenvalue weighted by atomic mass is 16.2. The Balaban J connectivity index is 0.000000386. The molecule has 0 N–H and O–H groups in total. The van der Waals surface area contributed by atoms with E-state index in [0.29, 0.717) is 0 Å². The molecule has 88 valence electrons. The van der Waals surface area contributed by atoms with Gasteiger partial charge in [0.25, 0.3) is 0 Å². The van der Waals surface area contributed by atoms with Gasteiger partial charge in [-0.15, -0.1) is 0 Å². The summed E-state index contributed by atoms with van der Waals surface area (Å²) in [6.07, 6.45) is 2.25. The molecule has 0 saturated heterocycles. The average molecular weight is 219 g/mol. The summed E-state index contributed by atoms with van der Waals surface area (Å²) in [6, 6.07) is 6.26. The molecule has 0 atom stereocenters. The van der Waals surface area contributed by atoms with Crippen LogP contribution < -0.4 is 4.90 Å². The molecule has 0 aliphatic carbocycles. The Kier molecular flexibility index (Phi) is 4.53. The fourth-order valence-corrected chi connectivity index (χ4v) is 1.86. The van der Waals surface area contributed by atoms with Crippen molar-refractivity contribution < 1.29 is 4.79 Å². The first-order chi connectivity index (χ1) is 7.60. The Morgan fingerprint density at radius 1 is 1.38 bits per heavy atom. The van der Waals surface area contributed by atoms with Crippen molar-refractivity contribution in [1.82, 2.24) is 0 Å².